The van der Waals surface area contributed by atoms with E-state index in [2.05, 4.69) is 10.2 Å². The van der Waals surface area contributed by atoms with Crippen molar-refractivity contribution in [1.29, 1.82) is 0 Å². The van der Waals surface area contributed by atoms with Crippen LogP contribution < -0.4 is 10.8 Å². The van der Waals surface area contributed by atoms with Crippen molar-refractivity contribution in [3.05, 3.63) is 71.3 Å². The summed E-state index contributed by atoms with van der Waals surface area (Å²) in [7, 11) is 0. The number of nitrogens with zero attached hydrogens (tertiary/aromatic N) is 1. The van der Waals surface area contributed by atoms with E-state index in [1.165, 1.54) is 18.3 Å². The van der Waals surface area contributed by atoms with Crippen LogP contribution in [0.3, 0.4) is 0 Å². The van der Waals surface area contributed by atoms with Gasteiger partial charge in [0.15, 0.2) is 0 Å². The maximum Gasteiger partial charge on any atom is 0.282 e. The summed E-state index contributed by atoms with van der Waals surface area (Å²) in [6.07, 6.45) is 2.43. The molecule has 0 unspecified atom stereocenters. The number of amides is 2. The van der Waals surface area contributed by atoms with Crippen LogP contribution in [0.5, 0.6) is 0 Å². The fourth-order valence-corrected chi connectivity index (χ4v) is 4.53. The second-order valence-corrected chi connectivity index (χ2v) is 8.00. The monoisotopic (exact) mass is 411 g/mol. The molecule has 7 heteroatoms. The lowest BCUT2D eigenvalue weighted by atomic mass is 10.0. The molecule has 3 N–H and O–H groups in total. The van der Waals surface area contributed by atoms with Gasteiger partial charge in [0.2, 0.25) is 5.67 Å². The molecule has 1 saturated carbocycles. The van der Waals surface area contributed by atoms with Gasteiger partial charge in [-0.25, -0.2) is 9.87 Å². The number of nitrogens with one attached hydrogen (secondary N) is 2. The molecule has 3 atom stereocenters. The van der Waals surface area contributed by atoms with Crippen LogP contribution >= 0.6 is 0 Å². The zero-order valence-corrected chi connectivity index (χ0v) is 16.7. The van der Waals surface area contributed by atoms with Gasteiger partial charge in [0.05, 0.1) is 0 Å². The summed E-state index contributed by atoms with van der Waals surface area (Å²) < 4.78 is 15.5. The Morgan fingerprint density at radius 3 is 2.20 bits per heavy atom. The second kappa shape index (κ2) is 8.53. The van der Waals surface area contributed by atoms with Crippen molar-refractivity contribution in [2.45, 2.75) is 30.3 Å². The fourth-order valence-electron chi connectivity index (χ4n) is 4.53. The number of alkyl halides is 1. The topological polar surface area (TPSA) is 81.7 Å². The SMILES string of the molecule is O=C(NCCN1CCCC1)c1ccc([C@@H]2[C@@H](c3ccccc3)[C@@]2(F)C(=O)NO)cc1. The van der Waals surface area contributed by atoms with Gasteiger partial charge in [-0.05, 0) is 49.2 Å². The first-order valence-electron chi connectivity index (χ1n) is 10.3. The van der Waals surface area contributed by atoms with Crippen molar-refractivity contribution in [1.82, 2.24) is 15.7 Å². The number of benzene rings is 2. The number of rotatable bonds is 7. The Labute approximate surface area is 175 Å². The smallest absolute Gasteiger partial charge is 0.282 e. The van der Waals surface area contributed by atoms with Crippen LogP contribution in [0.2, 0.25) is 0 Å². The molecule has 2 aliphatic rings. The molecule has 0 radical (unpaired) electrons. The summed E-state index contributed by atoms with van der Waals surface area (Å²) in [5.41, 5.74) is 1.03. The van der Waals surface area contributed by atoms with E-state index >= 15 is 4.39 Å². The molecule has 2 fully saturated rings. The second-order valence-electron chi connectivity index (χ2n) is 8.00. The molecule has 30 heavy (non-hydrogen) atoms. The molecule has 6 nitrogen and oxygen atoms in total. The minimum absolute atomic E-state index is 0.171. The molecular weight excluding hydrogens is 385 g/mol. The van der Waals surface area contributed by atoms with E-state index in [-0.39, 0.29) is 5.91 Å². The molecule has 1 heterocycles. The number of halogens is 1. The molecular formula is C23H26FN3O3. The van der Waals surface area contributed by atoms with Gasteiger partial charge < -0.3 is 10.2 Å². The lowest BCUT2D eigenvalue weighted by Gasteiger charge is -2.14. The average molecular weight is 411 g/mol. The van der Waals surface area contributed by atoms with Gasteiger partial charge >= 0.3 is 0 Å². The molecule has 1 saturated heterocycles. The predicted molar refractivity (Wildman–Crippen MR) is 110 cm³/mol. The Hall–Kier alpha value is -2.77. The summed E-state index contributed by atoms with van der Waals surface area (Å²) >= 11 is 0. The van der Waals surface area contributed by atoms with Crippen molar-refractivity contribution in [3.8, 4) is 0 Å². The summed E-state index contributed by atoms with van der Waals surface area (Å²) in [5.74, 6) is -2.63. The Bertz CT molecular complexity index is 900. The number of carbonyl (C=O) groups excluding carboxylic acids is 2. The van der Waals surface area contributed by atoms with Gasteiger partial charge in [0, 0.05) is 30.5 Å². The molecule has 2 amide bonds. The van der Waals surface area contributed by atoms with Crippen LogP contribution in [0.4, 0.5) is 4.39 Å². The molecule has 1 aliphatic heterocycles. The van der Waals surface area contributed by atoms with Crippen molar-refractivity contribution in [3.63, 3.8) is 0 Å². The maximum absolute atomic E-state index is 15.5. The lowest BCUT2D eigenvalue weighted by Crippen LogP contribution is -2.33. The standard InChI is InChI=1S/C23H26FN3O3/c24-23(22(29)26-30)19(16-6-2-1-3-7-16)20(23)17-8-10-18(11-9-17)21(28)25-12-15-27-13-4-5-14-27/h1-3,6-11,19-20,30H,4-5,12-15H2,(H,25,28)(H,26,29)/t19-,20-,23+/m1/s1. The molecule has 0 aromatic heterocycles. The van der Waals surface area contributed by atoms with E-state index in [9.17, 15) is 9.59 Å². The normalized spacial score (nSPS) is 25.7. The number of hydrogen-bond acceptors (Lipinski definition) is 4. The minimum Gasteiger partial charge on any atom is -0.351 e. The van der Waals surface area contributed by atoms with E-state index in [0.717, 1.165) is 19.6 Å². The van der Waals surface area contributed by atoms with Crippen molar-refractivity contribution in [2.24, 2.45) is 0 Å². The van der Waals surface area contributed by atoms with Crippen LogP contribution in [-0.2, 0) is 4.79 Å². The molecule has 2 aromatic rings. The van der Waals surface area contributed by atoms with Gasteiger partial charge in [0.1, 0.15) is 0 Å². The largest absolute Gasteiger partial charge is 0.351 e. The fraction of sp³-hybridized carbons (Fsp3) is 0.391. The summed E-state index contributed by atoms with van der Waals surface area (Å²) in [6.45, 7) is 3.59. The van der Waals surface area contributed by atoms with Gasteiger partial charge in [-0.15, -0.1) is 0 Å². The van der Waals surface area contributed by atoms with Gasteiger partial charge in [-0.1, -0.05) is 42.5 Å². The van der Waals surface area contributed by atoms with Gasteiger partial charge in [0.25, 0.3) is 11.8 Å². The van der Waals surface area contributed by atoms with E-state index in [1.807, 2.05) is 6.07 Å². The molecule has 0 spiro atoms. The van der Waals surface area contributed by atoms with E-state index in [4.69, 9.17) is 5.21 Å². The maximum atomic E-state index is 15.5. The quantitative estimate of drug-likeness (QED) is 0.483. The highest BCUT2D eigenvalue weighted by Crippen LogP contribution is 2.66. The Morgan fingerprint density at radius 1 is 1.00 bits per heavy atom. The van der Waals surface area contributed by atoms with Crippen LogP contribution in [0.1, 0.15) is 46.2 Å². The van der Waals surface area contributed by atoms with E-state index in [1.54, 1.807) is 48.5 Å². The number of likely N-dealkylation sites (tertiary alicyclic amines) is 1. The van der Waals surface area contributed by atoms with Gasteiger partial charge in [-0.3, -0.25) is 14.8 Å². The van der Waals surface area contributed by atoms with Crippen LogP contribution in [0.25, 0.3) is 0 Å². The summed E-state index contributed by atoms with van der Waals surface area (Å²) in [5, 5.41) is 11.9. The highest BCUT2D eigenvalue weighted by molar-refractivity contribution is 5.95. The molecule has 1 aliphatic carbocycles. The zero-order chi connectivity index (χ0) is 21.1. The first-order chi connectivity index (χ1) is 14.6. The molecule has 2 aromatic carbocycles. The highest BCUT2D eigenvalue weighted by atomic mass is 19.1. The predicted octanol–water partition coefficient (Wildman–Crippen LogP) is 2.61. The average Bonchev–Trinajstić information content (AvgIpc) is 3.11. The Kier molecular flexibility index (Phi) is 5.83. The Balaban J connectivity index is 1.44. The summed E-state index contributed by atoms with van der Waals surface area (Å²) in [6, 6.07) is 15.6. The van der Waals surface area contributed by atoms with Crippen molar-refractivity contribution < 1.29 is 19.2 Å². The lowest BCUT2D eigenvalue weighted by molar-refractivity contribution is -0.136. The molecule has 0 bridgehead atoms. The molecule has 4 rings (SSSR count). The van der Waals surface area contributed by atoms with E-state index < -0.39 is 23.4 Å². The van der Waals surface area contributed by atoms with Crippen LogP contribution in [0, 0.1) is 0 Å². The number of hydrogen-bond donors (Lipinski definition) is 3. The van der Waals surface area contributed by atoms with E-state index in [0.29, 0.717) is 23.2 Å². The Morgan fingerprint density at radius 2 is 1.60 bits per heavy atom. The molecule has 158 valence electrons. The first kappa shape index (κ1) is 20.5. The third-order valence-electron chi connectivity index (χ3n) is 6.18. The number of carbonyl (C=O) groups is 2. The van der Waals surface area contributed by atoms with Gasteiger partial charge in [-0.2, -0.15) is 0 Å². The summed E-state index contributed by atoms with van der Waals surface area (Å²) in [4.78, 5) is 26.8. The number of hydroxylamine groups is 1. The third kappa shape index (κ3) is 3.82. The third-order valence-corrected chi connectivity index (χ3v) is 6.18. The van der Waals surface area contributed by atoms with Crippen LogP contribution in [-0.4, -0.2) is 53.8 Å². The van der Waals surface area contributed by atoms with Crippen molar-refractivity contribution in [2.75, 3.05) is 26.2 Å². The minimum atomic E-state index is -2.23. The zero-order valence-electron chi connectivity index (χ0n) is 16.7. The highest BCUT2D eigenvalue weighted by Gasteiger charge is 2.72. The van der Waals surface area contributed by atoms with Crippen molar-refractivity contribution >= 4 is 11.8 Å². The first-order valence-corrected chi connectivity index (χ1v) is 10.3. The van der Waals surface area contributed by atoms with Crippen LogP contribution in [0.15, 0.2) is 54.6 Å².